The first-order valence-corrected chi connectivity index (χ1v) is 9.45. The van der Waals surface area contributed by atoms with Gasteiger partial charge in [0.05, 0.1) is 25.3 Å². The molecule has 0 aromatic heterocycles. The zero-order chi connectivity index (χ0) is 20.5. The lowest BCUT2D eigenvalue weighted by molar-refractivity contribution is -0.124. The molecule has 9 nitrogen and oxygen atoms in total. The van der Waals surface area contributed by atoms with Crippen LogP contribution in [0.2, 0.25) is 0 Å². The molecule has 4 N–H and O–H groups in total. The topological polar surface area (TPSA) is 115 Å². The van der Waals surface area contributed by atoms with Crippen LogP contribution in [0.3, 0.4) is 0 Å². The van der Waals surface area contributed by atoms with Crippen molar-refractivity contribution in [1.29, 1.82) is 0 Å². The number of aliphatic hydroxyl groups is 1. The second-order valence-corrected chi connectivity index (χ2v) is 6.61. The number of nitrogens with one attached hydrogen (secondary N) is 3. The number of benzene rings is 1. The molecule has 1 aliphatic heterocycles. The zero-order valence-electron chi connectivity index (χ0n) is 17.0. The SMILES string of the molecule is CCNC(=NCC(O)c1cccc(OC(C)C)c1)NCCN1C(=O)CNC1=O.I. The third-order valence-corrected chi connectivity index (χ3v) is 3.95. The fourth-order valence-corrected chi connectivity index (χ4v) is 2.66. The van der Waals surface area contributed by atoms with Gasteiger partial charge in [-0.2, -0.15) is 0 Å². The number of aliphatic imine (C=N–C) groups is 1. The van der Waals surface area contributed by atoms with E-state index in [9.17, 15) is 14.7 Å². The first-order valence-electron chi connectivity index (χ1n) is 9.45. The molecular formula is C19H30IN5O4. The molecule has 1 fully saturated rings. The van der Waals surface area contributed by atoms with Gasteiger partial charge < -0.3 is 25.8 Å². The minimum absolute atomic E-state index is 0. The number of carbonyl (C=O) groups excluding carboxylic acids is 2. The predicted molar refractivity (Wildman–Crippen MR) is 122 cm³/mol. The van der Waals surface area contributed by atoms with Gasteiger partial charge in [0.2, 0.25) is 5.91 Å². The minimum atomic E-state index is -0.780. The lowest BCUT2D eigenvalue weighted by Gasteiger charge is -2.16. The Labute approximate surface area is 188 Å². The Balaban J connectivity index is 0.00000420. The Hall–Kier alpha value is -2.08. The maximum atomic E-state index is 11.6. The number of ether oxygens (including phenoxy) is 1. The Morgan fingerprint density at radius 3 is 2.72 bits per heavy atom. The van der Waals surface area contributed by atoms with Gasteiger partial charge in [-0.3, -0.25) is 14.7 Å². The van der Waals surface area contributed by atoms with Crippen LogP contribution < -0.4 is 20.7 Å². The van der Waals surface area contributed by atoms with E-state index in [0.717, 1.165) is 10.5 Å². The summed E-state index contributed by atoms with van der Waals surface area (Å²) in [6, 6.07) is 6.93. The fraction of sp³-hybridized carbons (Fsp3) is 0.526. The summed E-state index contributed by atoms with van der Waals surface area (Å²) in [5.41, 5.74) is 0.720. The molecule has 1 unspecified atom stereocenters. The third kappa shape index (κ3) is 8.05. The van der Waals surface area contributed by atoms with Crippen LogP contribution in [0.1, 0.15) is 32.4 Å². The van der Waals surface area contributed by atoms with Crippen LogP contribution in [-0.4, -0.2) is 66.7 Å². The number of aliphatic hydroxyl groups excluding tert-OH is 1. The average Bonchev–Trinajstić information content (AvgIpc) is 2.97. The molecular weight excluding hydrogens is 489 g/mol. The molecule has 10 heteroatoms. The quantitative estimate of drug-likeness (QED) is 0.169. The van der Waals surface area contributed by atoms with E-state index in [0.29, 0.717) is 24.8 Å². The molecule has 1 heterocycles. The third-order valence-electron chi connectivity index (χ3n) is 3.95. The van der Waals surface area contributed by atoms with Gasteiger partial charge >= 0.3 is 6.03 Å². The number of carbonyl (C=O) groups is 2. The van der Waals surface area contributed by atoms with E-state index in [-0.39, 0.29) is 61.7 Å². The molecule has 1 atom stereocenters. The number of guanidine groups is 1. The summed E-state index contributed by atoms with van der Waals surface area (Å²) in [6.07, 6.45) is -0.725. The van der Waals surface area contributed by atoms with Gasteiger partial charge in [0.1, 0.15) is 5.75 Å². The van der Waals surface area contributed by atoms with E-state index in [1.54, 1.807) is 6.07 Å². The van der Waals surface area contributed by atoms with Gasteiger partial charge in [-0.25, -0.2) is 4.79 Å². The molecule has 0 aliphatic carbocycles. The highest BCUT2D eigenvalue weighted by Crippen LogP contribution is 2.20. The van der Waals surface area contributed by atoms with Crippen LogP contribution in [-0.2, 0) is 4.79 Å². The molecule has 0 saturated carbocycles. The monoisotopic (exact) mass is 519 g/mol. The largest absolute Gasteiger partial charge is 0.491 e. The van der Waals surface area contributed by atoms with E-state index in [1.165, 1.54) is 0 Å². The Bertz CT molecular complexity index is 698. The number of amides is 3. The van der Waals surface area contributed by atoms with E-state index in [4.69, 9.17) is 4.74 Å². The van der Waals surface area contributed by atoms with Crippen molar-refractivity contribution < 1.29 is 19.4 Å². The number of nitrogens with zero attached hydrogens (tertiary/aromatic N) is 2. The van der Waals surface area contributed by atoms with Gasteiger partial charge in [0, 0.05) is 19.6 Å². The number of urea groups is 1. The Kier molecular flexibility index (Phi) is 10.7. The molecule has 3 amide bonds. The number of hydrogen-bond acceptors (Lipinski definition) is 5. The second-order valence-electron chi connectivity index (χ2n) is 6.61. The van der Waals surface area contributed by atoms with Crippen molar-refractivity contribution in [2.24, 2.45) is 4.99 Å². The maximum Gasteiger partial charge on any atom is 0.324 e. The summed E-state index contributed by atoms with van der Waals surface area (Å²) in [4.78, 5) is 28.6. The van der Waals surface area contributed by atoms with Crippen molar-refractivity contribution in [3.63, 3.8) is 0 Å². The Morgan fingerprint density at radius 1 is 1.34 bits per heavy atom. The van der Waals surface area contributed by atoms with Crippen LogP contribution >= 0.6 is 24.0 Å². The maximum absolute atomic E-state index is 11.6. The average molecular weight is 519 g/mol. The first-order chi connectivity index (χ1) is 13.4. The van der Waals surface area contributed by atoms with Crippen molar-refractivity contribution in [1.82, 2.24) is 20.9 Å². The molecule has 162 valence electrons. The van der Waals surface area contributed by atoms with Crippen molar-refractivity contribution >= 4 is 41.9 Å². The van der Waals surface area contributed by atoms with Crippen LogP contribution in [0.4, 0.5) is 4.79 Å². The Morgan fingerprint density at radius 2 is 2.10 bits per heavy atom. The summed E-state index contributed by atoms with van der Waals surface area (Å²) < 4.78 is 5.65. The number of rotatable bonds is 9. The number of halogens is 1. The lowest BCUT2D eigenvalue weighted by atomic mass is 10.1. The molecule has 2 rings (SSSR count). The van der Waals surface area contributed by atoms with E-state index in [1.807, 2.05) is 39.0 Å². The summed E-state index contributed by atoms with van der Waals surface area (Å²) in [7, 11) is 0. The van der Waals surface area contributed by atoms with Crippen LogP contribution in [0.25, 0.3) is 0 Å². The zero-order valence-corrected chi connectivity index (χ0v) is 19.3. The van der Waals surface area contributed by atoms with Crippen molar-refractivity contribution in [3.05, 3.63) is 29.8 Å². The highest BCUT2D eigenvalue weighted by molar-refractivity contribution is 14.0. The van der Waals surface area contributed by atoms with Gasteiger partial charge in [-0.15, -0.1) is 24.0 Å². The van der Waals surface area contributed by atoms with E-state index in [2.05, 4.69) is 20.9 Å². The molecule has 1 aromatic carbocycles. The number of hydrogen-bond donors (Lipinski definition) is 4. The summed E-state index contributed by atoms with van der Waals surface area (Å²) in [5.74, 6) is 0.963. The lowest BCUT2D eigenvalue weighted by Crippen LogP contribution is -2.43. The first kappa shape index (κ1) is 25.0. The summed E-state index contributed by atoms with van der Waals surface area (Å²) in [5, 5.41) is 19.1. The highest BCUT2D eigenvalue weighted by Gasteiger charge is 2.27. The molecule has 29 heavy (non-hydrogen) atoms. The molecule has 0 bridgehead atoms. The molecule has 0 spiro atoms. The minimum Gasteiger partial charge on any atom is -0.491 e. The second kappa shape index (κ2) is 12.5. The summed E-state index contributed by atoms with van der Waals surface area (Å²) >= 11 is 0. The van der Waals surface area contributed by atoms with Crippen LogP contribution in [0.15, 0.2) is 29.3 Å². The fourth-order valence-electron chi connectivity index (χ4n) is 2.66. The van der Waals surface area contributed by atoms with Gasteiger partial charge in [-0.05, 0) is 38.5 Å². The van der Waals surface area contributed by atoms with Crippen LogP contribution in [0, 0.1) is 0 Å². The van der Waals surface area contributed by atoms with Crippen molar-refractivity contribution in [2.45, 2.75) is 33.0 Å². The van der Waals surface area contributed by atoms with Crippen LogP contribution in [0.5, 0.6) is 5.75 Å². The van der Waals surface area contributed by atoms with E-state index < -0.39 is 6.10 Å². The predicted octanol–water partition coefficient (Wildman–Crippen LogP) is 1.23. The van der Waals surface area contributed by atoms with Gasteiger partial charge in [-0.1, -0.05) is 12.1 Å². The number of imide groups is 1. The molecule has 1 aromatic rings. The van der Waals surface area contributed by atoms with Crippen molar-refractivity contribution in [2.75, 3.05) is 32.7 Å². The highest BCUT2D eigenvalue weighted by atomic mass is 127. The summed E-state index contributed by atoms with van der Waals surface area (Å²) in [6.45, 7) is 7.26. The smallest absolute Gasteiger partial charge is 0.324 e. The molecule has 1 aliphatic rings. The standard InChI is InChI=1S/C19H29N5O4.HI/c1-4-20-18(21-8-9-24-17(26)12-23-19(24)27)22-11-16(25)14-6-5-7-15(10-14)28-13(2)3;/h5-7,10,13,16,25H,4,8-9,11-12H2,1-3H3,(H,23,27)(H2,20,21,22);1H. The van der Waals surface area contributed by atoms with Crippen molar-refractivity contribution in [3.8, 4) is 5.75 Å². The molecule has 1 saturated heterocycles. The van der Waals surface area contributed by atoms with Gasteiger partial charge in [0.25, 0.3) is 0 Å². The van der Waals surface area contributed by atoms with E-state index >= 15 is 0 Å². The molecule has 0 radical (unpaired) electrons. The van der Waals surface area contributed by atoms with Gasteiger partial charge in [0.15, 0.2) is 5.96 Å². The normalized spacial score (nSPS) is 15.1.